The average Bonchev–Trinajstić information content (AvgIpc) is 3.56. The molecule has 0 spiro atoms. The number of aryl methyl sites for hydroxylation is 1. The molecule has 2 N–H and O–H groups in total. The number of nitrogens with one attached hydrogen (secondary N) is 2. The molecule has 1 aromatic carbocycles. The number of ether oxygens (including phenoxy) is 3. The van der Waals surface area contributed by atoms with E-state index < -0.39 is 17.3 Å². The van der Waals surface area contributed by atoms with Crippen molar-refractivity contribution in [2.45, 2.75) is 57.2 Å². The minimum Gasteiger partial charge on any atom is -0.489 e. The Balaban J connectivity index is 1.36. The van der Waals surface area contributed by atoms with Crippen LogP contribution in [0.2, 0.25) is 0 Å². The van der Waals surface area contributed by atoms with Crippen LogP contribution in [-0.2, 0) is 16.5 Å². The molecule has 4 heterocycles. The summed E-state index contributed by atoms with van der Waals surface area (Å²) >= 11 is 0. The molecule has 2 aliphatic rings. The van der Waals surface area contributed by atoms with Gasteiger partial charge in [0, 0.05) is 37.8 Å². The zero-order chi connectivity index (χ0) is 29.9. The van der Waals surface area contributed by atoms with Crippen molar-refractivity contribution in [3.8, 4) is 11.4 Å². The first kappa shape index (κ1) is 29.8. The van der Waals surface area contributed by atoms with Gasteiger partial charge in [-0.15, -0.1) is 0 Å². The maximum atomic E-state index is 15.3. The molecule has 2 atom stereocenters. The maximum Gasteiger partial charge on any atom is 0.368 e. The number of halogens is 2. The molecule has 2 saturated heterocycles. The SMILES string of the molecule is COCCOCCOc1cc(F)c(Nc2ncc(F)c(NC3CC4CCCN4C(C)(C)C3)n2)cc1-n1nnn(C)c1=O. The molecule has 228 valence electrons. The summed E-state index contributed by atoms with van der Waals surface area (Å²) in [6, 6.07) is 2.93. The van der Waals surface area contributed by atoms with E-state index in [1.807, 2.05) is 0 Å². The van der Waals surface area contributed by atoms with E-state index in [2.05, 4.69) is 49.8 Å². The fourth-order valence-electron chi connectivity index (χ4n) is 5.80. The third kappa shape index (κ3) is 6.52. The molecule has 15 heteroatoms. The lowest BCUT2D eigenvalue weighted by molar-refractivity contribution is 0.0500. The van der Waals surface area contributed by atoms with Crippen molar-refractivity contribution in [1.29, 1.82) is 0 Å². The summed E-state index contributed by atoms with van der Waals surface area (Å²) < 4.78 is 48.2. The monoisotopic (exact) mass is 589 g/mol. The Morgan fingerprint density at radius 2 is 1.93 bits per heavy atom. The highest BCUT2D eigenvalue weighted by molar-refractivity contribution is 5.63. The smallest absolute Gasteiger partial charge is 0.368 e. The summed E-state index contributed by atoms with van der Waals surface area (Å²) in [6.45, 7) is 6.62. The maximum absolute atomic E-state index is 15.3. The van der Waals surface area contributed by atoms with Crippen LogP contribution in [0.25, 0.3) is 5.69 Å². The first-order valence-electron chi connectivity index (χ1n) is 14.0. The Hall–Kier alpha value is -3.69. The number of hydrogen-bond donors (Lipinski definition) is 2. The fourth-order valence-corrected chi connectivity index (χ4v) is 5.80. The van der Waals surface area contributed by atoms with Crippen LogP contribution >= 0.6 is 0 Å². The number of fused-ring (bicyclic) bond motifs is 1. The van der Waals surface area contributed by atoms with Crippen LogP contribution in [0.4, 0.5) is 26.2 Å². The van der Waals surface area contributed by atoms with Crippen molar-refractivity contribution in [1.82, 2.24) is 34.7 Å². The van der Waals surface area contributed by atoms with Gasteiger partial charge in [-0.3, -0.25) is 4.90 Å². The second-order valence-corrected chi connectivity index (χ2v) is 11.1. The van der Waals surface area contributed by atoms with E-state index in [0.29, 0.717) is 19.3 Å². The van der Waals surface area contributed by atoms with Gasteiger partial charge in [-0.05, 0) is 62.6 Å². The van der Waals surface area contributed by atoms with Gasteiger partial charge in [0.1, 0.15) is 18.0 Å². The highest BCUT2D eigenvalue weighted by atomic mass is 19.1. The van der Waals surface area contributed by atoms with Gasteiger partial charge < -0.3 is 24.8 Å². The third-order valence-electron chi connectivity index (χ3n) is 7.70. The van der Waals surface area contributed by atoms with Crippen molar-refractivity contribution in [3.63, 3.8) is 0 Å². The van der Waals surface area contributed by atoms with Crippen LogP contribution in [-0.4, -0.2) is 92.4 Å². The summed E-state index contributed by atoms with van der Waals surface area (Å²) in [5, 5.41) is 13.7. The summed E-state index contributed by atoms with van der Waals surface area (Å²) in [5.74, 6) is -1.23. The fraction of sp³-hybridized carbons (Fsp3) is 0.593. The van der Waals surface area contributed by atoms with E-state index in [1.54, 1.807) is 7.11 Å². The van der Waals surface area contributed by atoms with Crippen LogP contribution in [0, 0.1) is 11.6 Å². The Morgan fingerprint density at radius 3 is 2.69 bits per heavy atom. The number of methoxy groups -OCH3 is 1. The molecule has 0 saturated carbocycles. The van der Waals surface area contributed by atoms with Crippen molar-refractivity contribution in [2.24, 2.45) is 7.05 Å². The van der Waals surface area contributed by atoms with Crippen molar-refractivity contribution in [3.05, 3.63) is 40.4 Å². The quantitative estimate of drug-likeness (QED) is 0.302. The Kier molecular flexibility index (Phi) is 8.99. The Labute approximate surface area is 242 Å². The summed E-state index contributed by atoms with van der Waals surface area (Å²) in [5.41, 5.74) is -0.502. The van der Waals surface area contributed by atoms with Gasteiger partial charge in [0.2, 0.25) is 5.95 Å². The van der Waals surface area contributed by atoms with E-state index >= 15 is 4.39 Å². The molecule has 2 unspecified atom stereocenters. The molecule has 2 aliphatic heterocycles. The molecule has 2 fully saturated rings. The number of benzene rings is 1. The van der Waals surface area contributed by atoms with Gasteiger partial charge in [-0.25, -0.2) is 18.6 Å². The van der Waals surface area contributed by atoms with Crippen LogP contribution < -0.4 is 21.1 Å². The van der Waals surface area contributed by atoms with E-state index in [-0.39, 0.29) is 53.7 Å². The Morgan fingerprint density at radius 1 is 1.12 bits per heavy atom. The molecule has 0 bridgehead atoms. The van der Waals surface area contributed by atoms with Crippen molar-refractivity contribution >= 4 is 17.5 Å². The first-order chi connectivity index (χ1) is 20.2. The molecule has 13 nitrogen and oxygen atoms in total. The molecule has 0 aliphatic carbocycles. The summed E-state index contributed by atoms with van der Waals surface area (Å²) in [4.78, 5) is 23.5. The van der Waals surface area contributed by atoms with Gasteiger partial charge in [-0.1, -0.05) is 0 Å². The molecule has 42 heavy (non-hydrogen) atoms. The number of piperidine rings is 1. The lowest BCUT2D eigenvalue weighted by Gasteiger charge is -2.47. The van der Waals surface area contributed by atoms with Crippen molar-refractivity contribution in [2.75, 3.05) is 50.7 Å². The van der Waals surface area contributed by atoms with E-state index in [0.717, 1.165) is 53.9 Å². The van der Waals surface area contributed by atoms with Crippen LogP contribution in [0.3, 0.4) is 0 Å². The number of nitrogens with zero attached hydrogens (tertiary/aromatic N) is 7. The molecule has 2 aromatic heterocycles. The van der Waals surface area contributed by atoms with Crippen LogP contribution in [0.1, 0.15) is 39.5 Å². The first-order valence-corrected chi connectivity index (χ1v) is 14.0. The number of tetrazole rings is 1. The number of hydrogen-bond acceptors (Lipinski definition) is 11. The van der Waals surface area contributed by atoms with Gasteiger partial charge in [0.05, 0.1) is 31.7 Å². The molecule has 0 radical (unpaired) electrons. The number of anilines is 3. The second kappa shape index (κ2) is 12.7. The Bertz CT molecular complexity index is 1450. The molecule has 5 rings (SSSR count). The zero-order valence-electron chi connectivity index (χ0n) is 24.3. The largest absolute Gasteiger partial charge is 0.489 e. The topological polar surface area (TPSA) is 133 Å². The molecule has 3 aromatic rings. The average molecular weight is 590 g/mol. The van der Waals surface area contributed by atoms with E-state index in [9.17, 15) is 9.18 Å². The lowest BCUT2D eigenvalue weighted by atomic mass is 9.84. The highest BCUT2D eigenvalue weighted by Crippen LogP contribution is 2.38. The van der Waals surface area contributed by atoms with E-state index in [1.165, 1.54) is 13.1 Å². The molecule has 0 amide bonds. The van der Waals surface area contributed by atoms with E-state index in [4.69, 9.17) is 14.2 Å². The van der Waals surface area contributed by atoms with Gasteiger partial charge in [0.25, 0.3) is 0 Å². The lowest BCUT2D eigenvalue weighted by Crippen LogP contribution is -2.55. The molecular weight excluding hydrogens is 552 g/mol. The highest BCUT2D eigenvalue weighted by Gasteiger charge is 2.43. The number of rotatable bonds is 12. The van der Waals surface area contributed by atoms with Crippen LogP contribution in [0.15, 0.2) is 23.1 Å². The van der Waals surface area contributed by atoms with Crippen LogP contribution in [0.5, 0.6) is 5.75 Å². The van der Waals surface area contributed by atoms with Gasteiger partial charge in [0.15, 0.2) is 17.5 Å². The summed E-state index contributed by atoms with van der Waals surface area (Å²) in [7, 11) is 3.01. The van der Waals surface area contributed by atoms with Crippen molar-refractivity contribution < 1.29 is 23.0 Å². The predicted molar refractivity (Wildman–Crippen MR) is 150 cm³/mol. The summed E-state index contributed by atoms with van der Waals surface area (Å²) in [6.07, 6.45) is 5.05. The molecular formula is C27H37F2N9O4. The minimum atomic E-state index is -0.705. The minimum absolute atomic E-state index is 0.0144. The normalized spacial score (nSPS) is 20.0. The standard InChI is InChI=1S/C27H37F2N9O4/c1-27(2)15-17(12-18-6-5-7-37(18)27)31-24-20(29)16-30-25(33-24)32-21-14-22(38-26(39)36(3)34-35-38)23(13-19(21)28)42-11-10-41-9-8-40-4/h13-14,16-18H,5-12,15H2,1-4H3,(H2,30,31,32,33). The van der Waals surface area contributed by atoms with Gasteiger partial charge >= 0.3 is 5.69 Å². The predicted octanol–water partition coefficient (Wildman–Crippen LogP) is 2.64. The number of aromatic nitrogens is 6. The third-order valence-corrected chi connectivity index (χ3v) is 7.70. The zero-order valence-corrected chi connectivity index (χ0v) is 24.3. The van der Waals surface area contributed by atoms with Gasteiger partial charge in [-0.2, -0.15) is 14.3 Å². The second-order valence-electron chi connectivity index (χ2n) is 11.1.